The summed E-state index contributed by atoms with van der Waals surface area (Å²) in [7, 11) is 0. The predicted molar refractivity (Wildman–Crippen MR) is 112 cm³/mol. The summed E-state index contributed by atoms with van der Waals surface area (Å²) in [4.78, 5) is 12.8. The molecule has 3 aromatic rings. The Morgan fingerprint density at radius 1 is 0.923 bits per heavy atom. The molecule has 0 saturated carbocycles. The van der Waals surface area contributed by atoms with Gasteiger partial charge in [0.1, 0.15) is 0 Å². The molecule has 2 N–H and O–H groups in total. The van der Waals surface area contributed by atoms with Crippen LogP contribution in [0.4, 0.5) is 11.4 Å². The molecule has 0 aliphatic carbocycles. The van der Waals surface area contributed by atoms with Crippen molar-refractivity contribution in [3.8, 4) is 0 Å². The van der Waals surface area contributed by atoms with Crippen LogP contribution in [-0.2, 0) is 0 Å². The molecule has 3 aromatic carbocycles. The van der Waals surface area contributed by atoms with Crippen LogP contribution in [0.3, 0.4) is 0 Å². The van der Waals surface area contributed by atoms with Crippen molar-refractivity contribution in [1.82, 2.24) is 0 Å². The highest BCUT2D eigenvalue weighted by Gasteiger charge is 2.15. The molecule has 0 radical (unpaired) electrons. The lowest BCUT2D eigenvalue weighted by atomic mass is 10.0. The zero-order valence-corrected chi connectivity index (χ0v) is 15.7. The van der Waals surface area contributed by atoms with E-state index in [1.165, 1.54) is 5.56 Å². The van der Waals surface area contributed by atoms with E-state index in [0.717, 1.165) is 5.69 Å². The van der Waals surface area contributed by atoms with Gasteiger partial charge in [0.25, 0.3) is 0 Å². The summed E-state index contributed by atoms with van der Waals surface area (Å²) in [6.07, 6.45) is 0. The van der Waals surface area contributed by atoms with Crippen molar-refractivity contribution in [3.63, 3.8) is 0 Å². The van der Waals surface area contributed by atoms with E-state index in [9.17, 15) is 4.79 Å². The highest BCUT2D eigenvalue weighted by Crippen LogP contribution is 2.24. The van der Waals surface area contributed by atoms with Crippen molar-refractivity contribution < 1.29 is 4.79 Å². The second-order valence-corrected chi connectivity index (χ2v) is 6.67. The number of thiocarbonyl (C=S) groups is 1. The largest absolute Gasteiger partial charge is 0.332 e. The first-order chi connectivity index (χ1) is 12.5. The molecule has 3 nitrogen and oxygen atoms in total. The second kappa shape index (κ2) is 8.13. The number of halogens is 1. The number of ketones is 1. The molecule has 0 heterocycles. The number of hydrogen-bond donors (Lipinski definition) is 2. The van der Waals surface area contributed by atoms with E-state index in [0.29, 0.717) is 26.9 Å². The third kappa shape index (κ3) is 4.48. The highest BCUT2D eigenvalue weighted by molar-refractivity contribution is 7.80. The number of rotatable bonds is 4. The van der Waals surface area contributed by atoms with E-state index in [1.54, 1.807) is 30.3 Å². The molecule has 0 aliphatic rings. The van der Waals surface area contributed by atoms with E-state index in [-0.39, 0.29) is 5.78 Å². The topological polar surface area (TPSA) is 41.1 Å². The van der Waals surface area contributed by atoms with Crippen molar-refractivity contribution >= 4 is 46.1 Å². The normalized spacial score (nSPS) is 10.2. The van der Waals surface area contributed by atoms with E-state index in [2.05, 4.69) is 10.6 Å². The lowest BCUT2D eigenvalue weighted by molar-refractivity contribution is 0.103. The molecule has 0 aromatic heterocycles. The molecule has 0 atom stereocenters. The monoisotopic (exact) mass is 380 g/mol. The van der Waals surface area contributed by atoms with Gasteiger partial charge in [-0.15, -0.1) is 0 Å². The third-order valence-corrected chi connectivity index (χ3v) is 4.26. The molecule has 130 valence electrons. The Balaban J connectivity index is 1.82. The minimum atomic E-state index is -0.117. The van der Waals surface area contributed by atoms with Crippen molar-refractivity contribution in [1.29, 1.82) is 0 Å². The number of benzene rings is 3. The molecule has 5 heteroatoms. The number of hydrogen-bond acceptors (Lipinski definition) is 2. The number of aryl methyl sites for hydroxylation is 1. The molecule has 0 bridgehead atoms. The van der Waals surface area contributed by atoms with Crippen LogP contribution in [0.2, 0.25) is 5.02 Å². The molecule has 0 unspecified atom stereocenters. The SMILES string of the molecule is Cc1ccc(NC(=S)Nc2ccc(Cl)cc2C(=O)c2ccccc2)cc1. The van der Waals surface area contributed by atoms with Gasteiger partial charge in [-0.25, -0.2) is 0 Å². The van der Waals surface area contributed by atoms with E-state index in [4.69, 9.17) is 23.8 Å². The fourth-order valence-corrected chi connectivity index (χ4v) is 2.88. The van der Waals surface area contributed by atoms with Crippen molar-refractivity contribution in [2.45, 2.75) is 6.92 Å². The van der Waals surface area contributed by atoms with Gasteiger partial charge in [-0.05, 0) is 49.5 Å². The lowest BCUT2D eigenvalue weighted by Gasteiger charge is -2.14. The molecular formula is C21H17ClN2OS. The first-order valence-corrected chi connectivity index (χ1v) is 8.85. The number of nitrogens with one attached hydrogen (secondary N) is 2. The minimum absolute atomic E-state index is 0.117. The molecule has 26 heavy (non-hydrogen) atoms. The fourth-order valence-electron chi connectivity index (χ4n) is 2.48. The average Bonchev–Trinajstić information content (AvgIpc) is 2.65. The first kappa shape index (κ1) is 18.1. The maximum Gasteiger partial charge on any atom is 0.195 e. The molecule has 3 rings (SSSR count). The van der Waals surface area contributed by atoms with Crippen LogP contribution in [0.5, 0.6) is 0 Å². The van der Waals surface area contributed by atoms with Crippen LogP contribution in [0, 0.1) is 6.92 Å². The highest BCUT2D eigenvalue weighted by atomic mass is 35.5. The Labute approximate surface area is 163 Å². The van der Waals surface area contributed by atoms with Crippen LogP contribution in [-0.4, -0.2) is 10.9 Å². The van der Waals surface area contributed by atoms with E-state index in [1.807, 2.05) is 49.4 Å². The molecule has 0 aliphatic heterocycles. The minimum Gasteiger partial charge on any atom is -0.332 e. The zero-order chi connectivity index (χ0) is 18.5. The standard InChI is InChI=1S/C21H17ClN2OS/c1-14-7-10-17(11-8-14)23-21(26)24-19-12-9-16(22)13-18(19)20(25)15-5-3-2-4-6-15/h2-13H,1H3,(H2,23,24,26). The van der Waals surface area contributed by atoms with Crippen molar-refractivity contribution in [2.24, 2.45) is 0 Å². The Kier molecular flexibility index (Phi) is 5.66. The van der Waals surface area contributed by atoms with Gasteiger partial charge in [-0.3, -0.25) is 4.79 Å². The summed E-state index contributed by atoms with van der Waals surface area (Å²) in [6.45, 7) is 2.02. The van der Waals surface area contributed by atoms with Gasteiger partial charge >= 0.3 is 0 Å². The summed E-state index contributed by atoms with van der Waals surface area (Å²) in [6, 6.07) is 22.1. The van der Waals surface area contributed by atoms with Crippen molar-refractivity contribution in [2.75, 3.05) is 10.6 Å². The van der Waals surface area contributed by atoms with Gasteiger partial charge in [0.05, 0.1) is 5.69 Å². The number of anilines is 2. The average molecular weight is 381 g/mol. The van der Waals surface area contributed by atoms with E-state index >= 15 is 0 Å². The quantitative estimate of drug-likeness (QED) is 0.450. The Bertz CT molecular complexity index is 940. The third-order valence-electron chi connectivity index (χ3n) is 3.82. The predicted octanol–water partition coefficient (Wildman–Crippen LogP) is 5.69. The zero-order valence-electron chi connectivity index (χ0n) is 14.1. The van der Waals surface area contributed by atoms with Gasteiger partial charge in [-0.2, -0.15) is 0 Å². The fraction of sp³-hybridized carbons (Fsp3) is 0.0476. The smallest absolute Gasteiger partial charge is 0.195 e. The molecule has 0 fully saturated rings. The van der Waals surface area contributed by atoms with Crippen LogP contribution in [0.1, 0.15) is 21.5 Å². The Hall–Kier alpha value is -2.69. The van der Waals surface area contributed by atoms with Crippen LogP contribution in [0.15, 0.2) is 72.8 Å². The molecule has 0 amide bonds. The first-order valence-electron chi connectivity index (χ1n) is 8.07. The van der Waals surface area contributed by atoms with Gasteiger partial charge in [0.15, 0.2) is 10.9 Å². The second-order valence-electron chi connectivity index (χ2n) is 5.83. The van der Waals surface area contributed by atoms with Crippen LogP contribution >= 0.6 is 23.8 Å². The molecular weight excluding hydrogens is 364 g/mol. The summed E-state index contributed by atoms with van der Waals surface area (Å²) in [5.41, 5.74) is 3.71. The summed E-state index contributed by atoms with van der Waals surface area (Å²) >= 11 is 11.5. The lowest BCUT2D eigenvalue weighted by Crippen LogP contribution is -2.20. The van der Waals surface area contributed by atoms with Gasteiger partial charge < -0.3 is 10.6 Å². The molecule has 0 spiro atoms. The maximum atomic E-state index is 12.8. The Morgan fingerprint density at radius 2 is 1.62 bits per heavy atom. The van der Waals surface area contributed by atoms with Crippen LogP contribution in [0.25, 0.3) is 0 Å². The number of carbonyl (C=O) groups excluding carboxylic acids is 1. The molecule has 0 saturated heterocycles. The summed E-state index contributed by atoms with van der Waals surface area (Å²) in [5.74, 6) is -0.117. The number of carbonyl (C=O) groups is 1. The van der Waals surface area contributed by atoms with Gasteiger partial charge in [0.2, 0.25) is 0 Å². The van der Waals surface area contributed by atoms with Crippen molar-refractivity contribution in [3.05, 3.63) is 94.5 Å². The van der Waals surface area contributed by atoms with E-state index < -0.39 is 0 Å². The van der Waals surface area contributed by atoms with Gasteiger partial charge in [-0.1, -0.05) is 59.6 Å². The Morgan fingerprint density at radius 3 is 2.31 bits per heavy atom. The summed E-state index contributed by atoms with van der Waals surface area (Å²) in [5, 5.41) is 7.10. The van der Waals surface area contributed by atoms with Crippen LogP contribution < -0.4 is 10.6 Å². The maximum absolute atomic E-state index is 12.8. The van der Waals surface area contributed by atoms with Gasteiger partial charge in [0, 0.05) is 21.8 Å². The summed E-state index contributed by atoms with van der Waals surface area (Å²) < 4.78 is 0.